The van der Waals surface area contributed by atoms with E-state index in [-0.39, 0.29) is 5.41 Å². The summed E-state index contributed by atoms with van der Waals surface area (Å²) in [5.74, 6) is 2.77. The maximum absolute atomic E-state index is 4.38. The monoisotopic (exact) mass is 185 g/mol. The quantitative estimate of drug-likeness (QED) is 0.766. The van der Waals surface area contributed by atoms with Gasteiger partial charge in [0.15, 0.2) is 5.82 Å². The zero-order chi connectivity index (χ0) is 9.19. The molecule has 0 saturated carbocycles. The van der Waals surface area contributed by atoms with E-state index in [4.69, 9.17) is 0 Å². The van der Waals surface area contributed by atoms with Crippen LogP contribution in [0.2, 0.25) is 0 Å². The number of nitrogens with one attached hydrogen (secondary N) is 1. The first-order chi connectivity index (χ1) is 5.54. The van der Waals surface area contributed by atoms with Gasteiger partial charge in [-0.25, -0.2) is 4.98 Å². The molecule has 1 aromatic rings. The molecule has 0 aliphatic rings. The number of hydrogen-bond donors (Lipinski definition) is 1. The van der Waals surface area contributed by atoms with Gasteiger partial charge in [-0.05, 0) is 6.26 Å². The second kappa shape index (κ2) is 3.47. The zero-order valence-corrected chi connectivity index (χ0v) is 8.83. The number of aromatic nitrogens is 3. The molecule has 1 N–H and O–H groups in total. The van der Waals surface area contributed by atoms with Gasteiger partial charge in [0.05, 0.1) is 5.75 Å². The van der Waals surface area contributed by atoms with Crippen LogP contribution in [-0.2, 0) is 11.2 Å². The van der Waals surface area contributed by atoms with E-state index < -0.39 is 0 Å². The highest BCUT2D eigenvalue weighted by atomic mass is 32.2. The Labute approximate surface area is 77.4 Å². The molecule has 3 nitrogen and oxygen atoms in total. The fraction of sp³-hybridized carbons (Fsp3) is 0.750. The molecule has 0 amide bonds. The molecule has 0 saturated heterocycles. The van der Waals surface area contributed by atoms with Gasteiger partial charge in [-0.3, -0.25) is 5.10 Å². The van der Waals surface area contributed by atoms with Crippen LogP contribution in [0.15, 0.2) is 0 Å². The smallest absolute Gasteiger partial charge is 0.156 e. The second-order valence-corrected chi connectivity index (χ2v) is 4.65. The first-order valence-electron chi connectivity index (χ1n) is 3.94. The van der Waals surface area contributed by atoms with Crippen LogP contribution >= 0.6 is 11.8 Å². The summed E-state index contributed by atoms with van der Waals surface area (Å²) >= 11 is 1.74. The molecule has 1 aromatic heterocycles. The van der Waals surface area contributed by atoms with E-state index in [2.05, 4.69) is 42.2 Å². The Hall–Kier alpha value is -0.510. The molecule has 12 heavy (non-hydrogen) atoms. The van der Waals surface area contributed by atoms with Crippen LogP contribution < -0.4 is 0 Å². The van der Waals surface area contributed by atoms with Crippen molar-refractivity contribution in [2.75, 3.05) is 6.26 Å². The normalized spacial score (nSPS) is 12.0. The molecule has 0 fully saturated rings. The van der Waals surface area contributed by atoms with Gasteiger partial charge in [0, 0.05) is 5.41 Å². The summed E-state index contributed by atoms with van der Waals surface area (Å²) in [6.07, 6.45) is 2.05. The summed E-state index contributed by atoms with van der Waals surface area (Å²) in [5.41, 5.74) is 0.0488. The average molecular weight is 185 g/mol. The topological polar surface area (TPSA) is 41.6 Å². The lowest BCUT2D eigenvalue weighted by atomic mass is 9.96. The number of hydrogen-bond acceptors (Lipinski definition) is 3. The van der Waals surface area contributed by atoms with Gasteiger partial charge in [0.2, 0.25) is 0 Å². The van der Waals surface area contributed by atoms with Crippen LogP contribution in [-0.4, -0.2) is 21.4 Å². The number of thioether (sulfide) groups is 1. The summed E-state index contributed by atoms with van der Waals surface area (Å²) in [7, 11) is 0. The Morgan fingerprint density at radius 3 is 2.50 bits per heavy atom. The fourth-order valence-electron chi connectivity index (χ4n) is 0.832. The van der Waals surface area contributed by atoms with Gasteiger partial charge in [-0.15, -0.1) is 0 Å². The summed E-state index contributed by atoms with van der Waals surface area (Å²) in [5, 5.41) is 7.09. The van der Waals surface area contributed by atoms with E-state index in [0.29, 0.717) is 0 Å². The Morgan fingerprint density at radius 2 is 2.08 bits per heavy atom. The van der Waals surface area contributed by atoms with Crippen molar-refractivity contribution in [2.24, 2.45) is 0 Å². The van der Waals surface area contributed by atoms with Crippen LogP contribution in [0.4, 0.5) is 0 Å². The summed E-state index contributed by atoms with van der Waals surface area (Å²) in [4.78, 5) is 4.38. The molecule has 0 bridgehead atoms. The van der Waals surface area contributed by atoms with Crippen molar-refractivity contribution in [1.82, 2.24) is 15.2 Å². The lowest BCUT2D eigenvalue weighted by Crippen LogP contribution is -2.13. The molecular weight excluding hydrogens is 170 g/mol. The predicted octanol–water partition coefficient (Wildman–Crippen LogP) is 1.97. The maximum Gasteiger partial charge on any atom is 0.156 e. The first kappa shape index (κ1) is 9.58. The van der Waals surface area contributed by atoms with Gasteiger partial charge in [0.25, 0.3) is 0 Å². The van der Waals surface area contributed by atoms with Crippen molar-refractivity contribution in [3.8, 4) is 0 Å². The molecule has 1 rings (SSSR count). The minimum Gasteiger partial charge on any atom is -0.262 e. The average Bonchev–Trinajstić information content (AvgIpc) is 2.35. The number of nitrogens with zero attached hydrogens (tertiary/aromatic N) is 2. The van der Waals surface area contributed by atoms with Crippen molar-refractivity contribution in [3.05, 3.63) is 11.6 Å². The minimum atomic E-state index is 0.0488. The van der Waals surface area contributed by atoms with E-state index in [1.807, 2.05) is 0 Å². The first-order valence-corrected chi connectivity index (χ1v) is 5.34. The molecule has 0 aliphatic carbocycles. The third-order valence-corrected chi connectivity index (χ3v) is 2.05. The van der Waals surface area contributed by atoms with Gasteiger partial charge in [-0.2, -0.15) is 16.9 Å². The SMILES string of the molecule is CSCc1nc(C(C)(C)C)n[nH]1. The maximum atomic E-state index is 4.38. The van der Waals surface area contributed by atoms with E-state index in [1.54, 1.807) is 11.8 Å². The molecule has 0 aliphatic heterocycles. The fourth-order valence-corrected chi connectivity index (χ4v) is 1.23. The third kappa shape index (κ3) is 2.24. The molecule has 68 valence electrons. The van der Waals surface area contributed by atoms with E-state index in [9.17, 15) is 0 Å². The standard InChI is InChI=1S/C8H15N3S/c1-8(2,3)7-9-6(5-12-4)10-11-7/h5H2,1-4H3,(H,9,10,11). The molecule has 0 spiro atoms. The van der Waals surface area contributed by atoms with Crippen molar-refractivity contribution in [1.29, 1.82) is 0 Å². The van der Waals surface area contributed by atoms with Crippen LogP contribution in [0.25, 0.3) is 0 Å². The van der Waals surface area contributed by atoms with E-state index in [0.717, 1.165) is 17.4 Å². The number of rotatable bonds is 2. The van der Waals surface area contributed by atoms with E-state index >= 15 is 0 Å². The molecule has 0 aromatic carbocycles. The molecule has 0 unspecified atom stereocenters. The van der Waals surface area contributed by atoms with Crippen molar-refractivity contribution < 1.29 is 0 Å². The molecule has 0 atom stereocenters. The molecule has 0 radical (unpaired) electrons. The Kier molecular flexibility index (Phi) is 2.77. The van der Waals surface area contributed by atoms with Gasteiger partial charge in [-0.1, -0.05) is 20.8 Å². The number of aromatic amines is 1. The van der Waals surface area contributed by atoms with Gasteiger partial charge in [0.1, 0.15) is 5.82 Å². The third-order valence-electron chi connectivity index (χ3n) is 1.48. The highest BCUT2D eigenvalue weighted by Gasteiger charge is 2.18. The predicted molar refractivity (Wildman–Crippen MR) is 52.3 cm³/mol. The minimum absolute atomic E-state index is 0.0488. The summed E-state index contributed by atoms with van der Waals surface area (Å²) < 4.78 is 0. The molecule has 4 heteroatoms. The Bertz CT molecular complexity index is 249. The van der Waals surface area contributed by atoms with Crippen molar-refractivity contribution in [3.63, 3.8) is 0 Å². The summed E-state index contributed by atoms with van der Waals surface area (Å²) in [6, 6.07) is 0. The highest BCUT2D eigenvalue weighted by molar-refractivity contribution is 7.97. The lowest BCUT2D eigenvalue weighted by Gasteiger charge is -2.11. The van der Waals surface area contributed by atoms with E-state index in [1.165, 1.54) is 0 Å². The van der Waals surface area contributed by atoms with Gasteiger partial charge >= 0.3 is 0 Å². The van der Waals surface area contributed by atoms with Crippen LogP contribution in [0.3, 0.4) is 0 Å². The lowest BCUT2D eigenvalue weighted by molar-refractivity contribution is 0.548. The van der Waals surface area contributed by atoms with Crippen molar-refractivity contribution in [2.45, 2.75) is 31.9 Å². The Morgan fingerprint density at radius 1 is 1.42 bits per heavy atom. The van der Waals surface area contributed by atoms with Crippen LogP contribution in [0, 0.1) is 0 Å². The van der Waals surface area contributed by atoms with Crippen LogP contribution in [0.1, 0.15) is 32.4 Å². The zero-order valence-electron chi connectivity index (χ0n) is 8.01. The Balaban J connectivity index is 2.77. The van der Waals surface area contributed by atoms with Crippen LogP contribution in [0.5, 0.6) is 0 Å². The summed E-state index contributed by atoms with van der Waals surface area (Å²) in [6.45, 7) is 6.33. The molecular formula is C8H15N3S. The largest absolute Gasteiger partial charge is 0.262 e. The highest BCUT2D eigenvalue weighted by Crippen LogP contribution is 2.18. The number of H-pyrrole nitrogens is 1. The van der Waals surface area contributed by atoms with Gasteiger partial charge < -0.3 is 0 Å². The molecule has 1 heterocycles. The van der Waals surface area contributed by atoms with Crippen molar-refractivity contribution >= 4 is 11.8 Å². The second-order valence-electron chi connectivity index (χ2n) is 3.79.